The van der Waals surface area contributed by atoms with Crippen molar-refractivity contribution in [1.82, 2.24) is 4.98 Å². The Hall–Kier alpha value is -3.51. The van der Waals surface area contributed by atoms with Crippen molar-refractivity contribution in [1.29, 1.82) is 0 Å². The molecular weight excluding hydrogens is 442 g/mol. The Bertz CT molecular complexity index is 1260. The first kappa shape index (κ1) is 22.7. The van der Waals surface area contributed by atoms with Crippen LogP contribution in [0.5, 0.6) is 17.2 Å². The molecule has 6 nitrogen and oxygen atoms in total. The number of esters is 1. The Morgan fingerprint density at radius 1 is 1.09 bits per heavy atom. The van der Waals surface area contributed by atoms with Crippen molar-refractivity contribution < 1.29 is 23.7 Å². The van der Waals surface area contributed by atoms with Crippen LogP contribution >= 0.6 is 11.6 Å². The van der Waals surface area contributed by atoms with Gasteiger partial charge in [0.25, 0.3) is 0 Å². The van der Waals surface area contributed by atoms with Gasteiger partial charge in [0.05, 0.1) is 38.1 Å². The summed E-state index contributed by atoms with van der Waals surface area (Å²) in [5.74, 6) is 1.24. The Labute approximate surface area is 197 Å². The largest absolute Gasteiger partial charge is 0.493 e. The minimum Gasteiger partial charge on any atom is -0.493 e. The topological polar surface area (TPSA) is 66.9 Å². The maximum atomic E-state index is 13.0. The molecule has 0 saturated carbocycles. The third-order valence-corrected chi connectivity index (χ3v) is 5.64. The van der Waals surface area contributed by atoms with Crippen LogP contribution in [0.1, 0.15) is 33.6 Å². The summed E-state index contributed by atoms with van der Waals surface area (Å²) in [6, 6.07) is 11.3. The van der Waals surface area contributed by atoms with Crippen LogP contribution in [0.15, 0.2) is 48.0 Å². The number of methoxy groups -OCH3 is 3. The van der Waals surface area contributed by atoms with E-state index in [2.05, 4.69) is 6.58 Å². The van der Waals surface area contributed by atoms with Gasteiger partial charge in [-0.15, -0.1) is 0 Å². The van der Waals surface area contributed by atoms with Gasteiger partial charge in [0.15, 0.2) is 11.5 Å². The molecule has 0 aliphatic heterocycles. The molecule has 1 aliphatic rings. The molecule has 1 aliphatic carbocycles. The highest BCUT2D eigenvalue weighted by molar-refractivity contribution is 6.29. The molecule has 4 rings (SSSR count). The van der Waals surface area contributed by atoms with Crippen LogP contribution in [0, 0.1) is 0 Å². The second kappa shape index (κ2) is 9.55. The van der Waals surface area contributed by atoms with Crippen LogP contribution in [-0.2, 0) is 11.2 Å². The minimum atomic E-state index is -0.430. The molecule has 33 heavy (non-hydrogen) atoms. The summed E-state index contributed by atoms with van der Waals surface area (Å²) in [6.07, 6.45) is 3.45. The van der Waals surface area contributed by atoms with Crippen molar-refractivity contribution in [3.63, 3.8) is 0 Å². The van der Waals surface area contributed by atoms with E-state index in [1.165, 1.54) is 0 Å². The number of hydrogen-bond acceptors (Lipinski definition) is 6. The number of carbonyl (C=O) groups excluding carboxylic acids is 1. The number of aromatic nitrogens is 1. The Morgan fingerprint density at radius 3 is 2.42 bits per heavy atom. The SMILES string of the molecule is C=C(Cl)COC(=O)c1c2c(nc3ccccc13)/C(=C/c1cc(OC)c(OC)c(OC)c1)CC2. The number of pyridine rings is 1. The van der Waals surface area contributed by atoms with Crippen LogP contribution in [0.25, 0.3) is 22.6 Å². The molecule has 0 radical (unpaired) electrons. The third kappa shape index (κ3) is 4.39. The van der Waals surface area contributed by atoms with Crippen molar-refractivity contribution in [3.8, 4) is 17.2 Å². The standard InChI is InChI=1S/C26H24ClNO5/c1-15(27)14-33-26(29)23-18-7-5-6-8-20(18)28-24-17(9-10-19(23)24)11-16-12-21(30-2)25(32-4)22(13-16)31-3/h5-8,11-13H,1,9-10,14H2,2-4H3/b17-11+. The number of benzene rings is 2. The molecule has 0 N–H and O–H groups in total. The lowest BCUT2D eigenvalue weighted by atomic mass is 10.0. The first-order chi connectivity index (χ1) is 16.0. The smallest absolute Gasteiger partial charge is 0.339 e. The summed E-state index contributed by atoms with van der Waals surface area (Å²) >= 11 is 5.81. The maximum absolute atomic E-state index is 13.0. The van der Waals surface area contributed by atoms with Crippen LogP contribution < -0.4 is 14.2 Å². The van der Waals surface area contributed by atoms with E-state index in [4.69, 9.17) is 35.5 Å². The predicted octanol–water partition coefficient (Wildman–Crippen LogP) is 5.66. The fraction of sp³-hybridized carbons (Fsp3) is 0.231. The van der Waals surface area contributed by atoms with Gasteiger partial charge in [0, 0.05) is 10.4 Å². The molecule has 1 aromatic heterocycles. The Kier molecular flexibility index (Phi) is 6.56. The van der Waals surface area contributed by atoms with Gasteiger partial charge in [0.1, 0.15) is 6.61 Å². The fourth-order valence-electron chi connectivity index (χ4n) is 4.11. The maximum Gasteiger partial charge on any atom is 0.339 e. The quantitative estimate of drug-likeness (QED) is 0.419. The number of fused-ring (bicyclic) bond motifs is 2. The lowest BCUT2D eigenvalue weighted by molar-refractivity contribution is 0.0547. The number of ether oxygens (including phenoxy) is 4. The zero-order valence-corrected chi connectivity index (χ0v) is 19.5. The van der Waals surface area contributed by atoms with Gasteiger partial charge in [-0.25, -0.2) is 9.78 Å². The van der Waals surface area contributed by atoms with Crippen LogP contribution in [0.2, 0.25) is 0 Å². The zero-order chi connectivity index (χ0) is 23.5. The highest BCUT2D eigenvalue weighted by atomic mass is 35.5. The number of hydrogen-bond donors (Lipinski definition) is 0. The van der Waals surface area contributed by atoms with E-state index < -0.39 is 5.97 Å². The number of carbonyl (C=O) groups is 1. The second-order valence-electron chi connectivity index (χ2n) is 7.55. The van der Waals surface area contributed by atoms with Crippen molar-refractivity contribution in [2.45, 2.75) is 12.8 Å². The summed E-state index contributed by atoms with van der Waals surface area (Å²) < 4.78 is 21.8. The number of rotatable bonds is 7. The van der Waals surface area contributed by atoms with Crippen molar-refractivity contribution >= 4 is 40.1 Å². The van der Waals surface area contributed by atoms with Crippen LogP contribution in [0.3, 0.4) is 0 Å². The lowest BCUT2D eigenvalue weighted by Crippen LogP contribution is -2.11. The van der Waals surface area contributed by atoms with E-state index in [-0.39, 0.29) is 11.6 Å². The average molecular weight is 466 g/mol. The average Bonchev–Trinajstić information content (AvgIpc) is 3.21. The Morgan fingerprint density at radius 2 is 1.79 bits per heavy atom. The highest BCUT2D eigenvalue weighted by Gasteiger charge is 2.28. The van der Waals surface area contributed by atoms with Crippen molar-refractivity contribution in [2.24, 2.45) is 0 Å². The number of para-hydroxylation sites is 1. The highest BCUT2D eigenvalue weighted by Crippen LogP contribution is 2.41. The number of allylic oxidation sites excluding steroid dienone is 1. The summed E-state index contributed by atoms with van der Waals surface area (Å²) in [5.41, 5.74) is 4.81. The molecule has 0 bridgehead atoms. The Balaban J connectivity index is 1.84. The monoisotopic (exact) mass is 465 g/mol. The predicted molar refractivity (Wildman–Crippen MR) is 129 cm³/mol. The van der Waals surface area contributed by atoms with E-state index in [9.17, 15) is 4.79 Å². The first-order valence-corrected chi connectivity index (χ1v) is 10.8. The third-order valence-electron chi connectivity index (χ3n) is 5.53. The van der Waals surface area contributed by atoms with Crippen molar-refractivity contribution in [2.75, 3.05) is 27.9 Å². The molecule has 0 spiro atoms. The summed E-state index contributed by atoms with van der Waals surface area (Å²) in [5, 5.41) is 1.02. The van der Waals surface area contributed by atoms with Gasteiger partial charge in [0.2, 0.25) is 5.75 Å². The molecule has 1 heterocycles. The first-order valence-electron chi connectivity index (χ1n) is 10.4. The second-order valence-corrected chi connectivity index (χ2v) is 8.09. The molecule has 0 saturated heterocycles. The molecule has 170 valence electrons. The molecule has 2 aromatic carbocycles. The molecule has 0 fully saturated rings. The van der Waals surface area contributed by atoms with Crippen LogP contribution in [0.4, 0.5) is 0 Å². The summed E-state index contributed by atoms with van der Waals surface area (Å²) in [4.78, 5) is 17.9. The molecule has 3 aromatic rings. The van der Waals surface area contributed by atoms with Gasteiger partial charge < -0.3 is 18.9 Å². The molecule has 0 unspecified atom stereocenters. The molecule has 0 amide bonds. The van der Waals surface area contributed by atoms with Crippen LogP contribution in [-0.4, -0.2) is 38.9 Å². The van der Waals surface area contributed by atoms with E-state index in [0.29, 0.717) is 29.2 Å². The summed E-state index contributed by atoms with van der Waals surface area (Å²) in [6.45, 7) is 3.55. The van der Waals surface area contributed by atoms with Gasteiger partial charge in [-0.3, -0.25) is 0 Å². The number of nitrogens with zero attached hydrogens (tertiary/aromatic N) is 1. The van der Waals surface area contributed by atoms with Gasteiger partial charge >= 0.3 is 5.97 Å². The fourth-order valence-corrected chi connectivity index (χ4v) is 4.17. The van der Waals surface area contributed by atoms with E-state index >= 15 is 0 Å². The number of halogens is 1. The lowest BCUT2D eigenvalue weighted by Gasteiger charge is -2.14. The van der Waals surface area contributed by atoms with Gasteiger partial charge in [-0.2, -0.15) is 0 Å². The minimum absolute atomic E-state index is 0.0417. The van der Waals surface area contributed by atoms with Gasteiger partial charge in [-0.1, -0.05) is 36.4 Å². The van der Waals surface area contributed by atoms with E-state index in [1.54, 1.807) is 21.3 Å². The molecule has 7 heteroatoms. The van der Waals surface area contributed by atoms with Gasteiger partial charge in [-0.05, 0) is 53.8 Å². The van der Waals surface area contributed by atoms with Crippen molar-refractivity contribution in [3.05, 3.63) is 70.4 Å². The summed E-state index contributed by atoms with van der Waals surface area (Å²) in [7, 11) is 4.74. The molecular formula is C26H24ClNO5. The van der Waals surface area contributed by atoms with E-state index in [0.717, 1.165) is 39.7 Å². The normalized spacial score (nSPS) is 13.6. The zero-order valence-electron chi connectivity index (χ0n) is 18.7. The molecule has 0 atom stereocenters. The van der Waals surface area contributed by atoms with E-state index in [1.807, 2.05) is 42.5 Å².